The number of nitrogens with one attached hydrogen (secondary N) is 2. The summed E-state index contributed by atoms with van der Waals surface area (Å²) in [5, 5.41) is 9.93. The monoisotopic (exact) mass is 423 g/mol. The van der Waals surface area contributed by atoms with Gasteiger partial charge in [-0.1, -0.05) is 0 Å². The Bertz CT molecular complexity index is 1090. The lowest BCUT2D eigenvalue weighted by atomic mass is 10.0. The number of aromatic nitrogens is 3. The van der Waals surface area contributed by atoms with E-state index in [9.17, 15) is 4.79 Å². The van der Waals surface area contributed by atoms with Gasteiger partial charge in [-0.2, -0.15) is 5.10 Å². The van der Waals surface area contributed by atoms with Crippen molar-refractivity contribution in [1.29, 1.82) is 0 Å². The van der Waals surface area contributed by atoms with Crippen LogP contribution in [0.1, 0.15) is 42.6 Å². The maximum Gasteiger partial charge on any atom is 0.261 e. The number of nitrogens with zero attached hydrogens (tertiary/aromatic N) is 3. The van der Waals surface area contributed by atoms with Crippen LogP contribution in [-0.2, 0) is 6.42 Å². The second-order valence-electron chi connectivity index (χ2n) is 8.65. The number of fused-ring (bicyclic) bond motifs is 2. The van der Waals surface area contributed by atoms with Gasteiger partial charge >= 0.3 is 0 Å². The maximum atomic E-state index is 12.9. The molecular weight excluding hydrogens is 394 g/mol. The van der Waals surface area contributed by atoms with Gasteiger partial charge in [0.05, 0.1) is 18.5 Å². The second-order valence-corrected chi connectivity index (χ2v) is 8.65. The fraction of sp³-hybridized carbons (Fsp3) is 0.435. The van der Waals surface area contributed by atoms with Crippen LogP contribution in [0.4, 0.5) is 5.69 Å². The molecule has 2 aromatic heterocycles. The highest BCUT2D eigenvalue weighted by Gasteiger charge is 2.32. The van der Waals surface area contributed by atoms with Crippen molar-refractivity contribution in [2.24, 2.45) is 5.92 Å². The lowest BCUT2D eigenvalue weighted by Gasteiger charge is -2.17. The van der Waals surface area contributed by atoms with Crippen molar-refractivity contribution in [1.82, 2.24) is 19.9 Å². The van der Waals surface area contributed by atoms with Crippen LogP contribution in [0.15, 0.2) is 36.8 Å². The van der Waals surface area contributed by atoms with Crippen molar-refractivity contribution in [2.75, 3.05) is 26.0 Å². The summed E-state index contributed by atoms with van der Waals surface area (Å²) in [7, 11) is 3.75. The Labute approximate surface area is 182 Å². The predicted molar refractivity (Wildman–Crippen MR) is 119 cm³/mol. The molecule has 3 aromatic rings. The summed E-state index contributed by atoms with van der Waals surface area (Å²) in [4.78, 5) is 17.2. The Balaban J connectivity index is 0.000000730. The minimum Gasteiger partial charge on any atom is -0.491 e. The van der Waals surface area contributed by atoms with E-state index in [0.717, 1.165) is 17.7 Å². The van der Waals surface area contributed by atoms with E-state index in [0.29, 0.717) is 35.2 Å². The fourth-order valence-corrected chi connectivity index (χ4v) is 3.52. The molecular formula is C23H29N5O3. The molecule has 8 heteroatoms. The molecule has 5 rings (SSSR count). The normalized spacial score (nSPS) is 16.1. The number of benzene rings is 1. The smallest absolute Gasteiger partial charge is 0.261 e. The minimum absolute atomic E-state index is 0.259. The summed E-state index contributed by atoms with van der Waals surface area (Å²) >= 11 is 0. The quantitative estimate of drug-likeness (QED) is 0.654. The van der Waals surface area contributed by atoms with Gasteiger partial charge in [-0.3, -0.25) is 4.79 Å². The van der Waals surface area contributed by atoms with Crippen molar-refractivity contribution in [3.63, 3.8) is 0 Å². The van der Waals surface area contributed by atoms with Gasteiger partial charge in [-0.05, 0) is 58.8 Å². The number of hydrogen-bond donors (Lipinski definition) is 2. The number of carbonyl (C=O) groups is 1. The highest BCUT2D eigenvalue weighted by atomic mass is 16.5. The third-order valence-electron chi connectivity index (χ3n) is 5.11. The van der Waals surface area contributed by atoms with Crippen LogP contribution < -0.4 is 20.1 Å². The Hall–Kier alpha value is -3.13. The van der Waals surface area contributed by atoms with Crippen LogP contribution in [0.3, 0.4) is 0 Å². The van der Waals surface area contributed by atoms with Crippen molar-refractivity contribution in [3.8, 4) is 11.5 Å². The third kappa shape index (κ3) is 4.80. The van der Waals surface area contributed by atoms with Gasteiger partial charge in [-0.15, -0.1) is 0 Å². The molecule has 31 heavy (non-hydrogen) atoms. The van der Waals surface area contributed by atoms with Gasteiger partial charge in [0.15, 0.2) is 5.65 Å². The molecule has 0 radical (unpaired) electrons. The van der Waals surface area contributed by atoms with Gasteiger partial charge in [0, 0.05) is 30.4 Å². The van der Waals surface area contributed by atoms with Crippen molar-refractivity contribution < 1.29 is 14.3 Å². The predicted octanol–water partition coefficient (Wildman–Crippen LogP) is 3.32. The summed E-state index contributed by atoms with van der Waals surface area (Å²) in [5.41, 5.74) is 2.40. The molecule has 0 spiro atoms. The molecule has 0 saturated heterocycles. The number of amides is 1. The van der Waals surface area contributed by atoms with E-state index in [4.69, 9.17) is 9.47 Å². The highest BCUT2D eigenvalue weighted by Crippen LogP contribution is 2.42. The van der Waals surface area contributed by atoms with Gasteiger partial charge in [0.1, 0.15) is 22.7 Å². The van der Waals surface area contributed by atoms with E-state index < -0.39 is 0 Å². The van der Waals surface area contributed by atoms with Crippen molar-refractivity contribution in [3.05, 3.63) is 47.9 Å². The average Bonchev–Trinajstić information content (AvgIpc) is 3.36. The zero-order chi connectivity index (χ0) is 22.0. The first kappa shape index (κ1) is 21.1. The lowest BCUT2D eigenvalue weighted by Crippen LogP contribution is -2.24. The minimum atomic E-state index is -0.261. The standard InChI is InChI=1S/C21H22N4O3.C2H7N/c1-21(2)10-14-8-16(18(9-17(14)28-21)27-12-13-4-5-13)24-20(26)15-11-23-25-7-3-6-22-19(15)25;1-3-2/h3,6-9,11,13H,4-5,10,12H2,1-2H3,(H,24,26);3H,1-2H3. The van der Waals surface area contributed by atoms with Crippen molar-refractivity contribution >= 4 is 17.2 Å². The summed E-state index contributed by atoms with van der Waals surface area (Å²) in [6, 6.07) is 5.63. The van der Waals surface area contributed by atoms with Crippen LogP contribution >= 0.6 is 0 Å². The largest absolute Gasteiger partial charge is 0.491 e. The Morgan fingerprint density at radius 2 is 2.10 bits per heavy atom. The summed E-state index contributed by atoms with van der Waals surface area (Å²) < 4.78 is 13.6. The molecule has 0 unspecified atom stereocenters. The number of hydrogen-bond acceptors (Lipinski definition) is 6. The number of carbonyl (C=O) groups excluding carboxylic acids is 1. The van der Waals surface area contributed by atoms with E-state index in [2.05, 4.69) is 34.6 Å². The molecule has 1 aliphatic carbocycles. The highest BCUT2D eigenvalue weighted by molar-refractivity contribution is 6.08. The van der Waals surface area contributed by atoms with Crippen LogP contribution in [0.25, 0.3) is 5.65 Å². The van der Waals surface area contributed by atoms with E-state index >= 15 is 0 Å². The number of rotatable bonds is 5. The topological polar surface area (TPSA) is 89.8 Å². The van der Waals surface area contributed by atoms with Crippen molar-refractivity contribution in [2.45, 2.75) is 38.7 Å². The first-order chi connectivity index (χ1) is 14.9. The van der Waals surface area contributed by atoms with Gasteiger partial charge in [0.2, 0.25) is 0 Å². The van der Waals surface area contributed by atoms with Crippen LogP contribution in [0, 0.1) is 5.92 Å². The van der Waals surface area contributed by atoms with Crippen LogP contribution in [0.5, 0.6) is 11.5 Å². The first-order valence-corrected chi connectivity index (χ1v) is 10.6. The van der Waals surface area contributed by atoms with Gasteiger partial charge in [0.25, 0.3) is 5.91 Å². The second kappa shape index (κ2) is 8.55. The average molecular weight is 424 g/mol. The lowest BCUT2D eigenvalue weighted by molar-refractivity contribution is 0.102. The Morgan fingerprint density at radius 3 is 2.84 bits per heavy atom. The zero-order valence-electron chi connectivity index (χ0n) is 18.4. The van der Waals surface area contributed by atoms with E-state index in [-0.39, 0.29) is 11.5 Å². The maximum absolute atomic E-state index is 12.9. The molecule has 1 fully saturated rings. The molecule has 1 aromatic carbocycles. The molecule has 1 aliphatic heterocycles. The summed E-state index contributed by atoms with van der Waals surface area (Å²) in [6.45, 7) is 4.77. The fourth-order valence-electron chi connectivity index (χ4n) is 3.52. The molecule has 1 saturated carbocycles. The van der Waals surface area contributed by atoms with E-state index in [1.165, 1.54) is 19.0 Å². The number of ether oxygens (including phenoxy) is 2. The van der Waals surface area contributed by atoms with Gasteiger partial charge in [-0.25, -0.2) is 9.50 Å². The molecule has 0 bridgehead atoms. The van der Waals surface area contributed by atoms with Gasteiger partial charge < -0.3 is 20.1 Å². The zero-order valence-corrected chi connectivity index (χ0v) is 18.4. The van der Waals surface area contributed by atoms with E-state index in [1.54, 1.807) is 23.0 Å². The molecule has 1 amide bonds. The third-order valence-corrected chi connectivity index (χ3v) is 5.11. The molecule has 0 atom stereocenters. The van der Waals surface area contributed by atoms with E-state index in [1.807, 2.05) is 26.2 Å². The van der Waals surface area contributed by atoms with Crippen LogP contribution in [0.2, 0.25) is 0 Å². The summed E-state index contributed by atoms with van der Waals surface area (Å²) in [6.07, 6.45) is 8.12. The molecule has 8 nitrogen and oxygen atoms in total. The molecule has 3 heterocycles. The SMILES string of the molecule is CC1(C)Cc2cc(NC(=O)c3cnn4cccnc34)c(OCC3CC3)cc2O1.CNC. The Morgan fingerprint density at radius 1 is 1.32 bits per heavy atom. The summed E-state index contributed by atoms with van der Waals surface area (Å²) in [5.74, 6) is 1.81. The van der Waals surface area contributed by atoms with Crippen LogP contribution in [-0.4, -0.2) is 46.8 Å². The molecule has 2 aliphatic rings. The molecule has 164 valence electrons. The Kier molecular flexibility index (Phi) is 5.82. The first-order valence-electron chi connectivity index (χ1n) is 10.6. The molecule has 2 N–H and O–H groups in total. The number of anilines is 1.